The fourth-order valence-electron chi connectivity index (χ4n) is 4.36. The summed E-state index contributed by atoms with van der Waals surface area (Å²) < 4.78 is 13.0. The van der Waals surface area contributed by atoms with Gasteiger partial charge in [-0.15, -0.1) is 0 Å². The van der Waals surface area contributed by atoms with Crippen LogP contribution in [0.25, 0.3) is 0 Å². The minimum atomic E-state index is -0.154. The molecule has 1 fully saturated rings. The maximum absolute atomic E-state index is 13.0. The first-order valence-corrected chi connectivity index (χ1v) is 10.6. The van der Waals surface area contributed by atoms with Crippen LogP contribution in [-0.2, 0) is 12.8 Å². The maximum Gasteiger partial charge on any atom is 0.123 e. The van der Waals surface area contributed by atoms with Gasteiger partial charge in [0.1, 0.15) is 5.82 Å². The predicted molar refractivity (Wildman–Crippen MR) is 109 cm³/mol. The van der Waals surface area contributed by atoms with Crippen molar-refractivity contribution in [2.75, 3.05) is 0 Å². The molecule has 0 unspecified atom stereocenters. The highest BCUT2D eigenvalue weighted by Crippen LogP contribution is 2.37. The minimum absolute atomic E-state index is 0.154. The van der Waals surface area contributed by atoms with Crippen molar-refractivity contribution in [3.05, 3.63) is 71.0 Å². The third-order valence-corrected chi connectivity index (χ3v) is 6.13. The first-order valence-electron chi connectivity index (χ1n) is 10.6. The Morgan fingerprint density at radius 2 is 1.35 bits per heavy atom. The largest absolute Gasteiger partial charge is 0.207 e. The summed E-state index contributed by atoms with van der Waals surface area (Å²) >= 11 is 0. The van der Waals surface area contributed by atoms with Crippen LogP contribution in [0.2, 0.25) is 0 Å². The summed E-state index contributed by atoms with van der Waals surface area (Å²) in [6, 6.07) is 16.2. The highest BCUT2D eigenvalue weighted by Gasteiger charge is 2.21. The van der Waals surface area contributed by atoms with Gasteiger partial charge in [-0.1, -0.05) is 69.0 Å². The summed E-state index contributed by atoms with van der Waals surface area (Å²) in [4.78, 5) is 0. The van der Waals surface area contributed by atoms with Crippen molar-refractivity contribution in [2.45, 2.75) is 77.0 Å². The molecule has 0 N–H and O–H groups in total. The Kier molecular flexibility index (Phi) is 7.29. The van der Waals surface area contributed by atoms with Gasteiger partial charge in [-0.25, -0.2) is 4.39 Å². The third-order valence-electron chi connectivity index (χ3n) is 6.13. The molecule has 2 aromatic carbocycles. The van der Waals surface area contributed by atoms with Crippen LogP contribution >= 0.6 is 0 Å². The Bertz CT molecular complexity index is 633. The number of rotatable bonds is 8. The fraction of sp³-hybridized carbons (Fsp3) is 0.520. The molecule has 0 aliphatic heterocycles. The smallest absolute Gasteiger partial charge is 0.123 e. The molecular formula is C25H33F. The summed E-state index contributed by atoms with van der Waals surface area (Å²) in [5.74, 6) is 1.59. The summed E-state index contributed by atoms with van der Waals surface area (Å²) in [6.45, 7) is 2.29. The molecule has 0 spiro atoms. The zero-order valence-electron chi connectivity index (χ0n) is 16.2. The van der Waals surface area contributed by atoms with Crippen molar-refractivity contribution in [1.29, 1.82) is 0 Å². The van der Waals surface area contributed by atoms with E-state index in [1.54, 1.807) is 12.1 Å². The Morgan fingerprint density at radius 1 is 0.769 bits per heavy atom. The van der Waals surface area contributed by atoms with Crippen LogP contribution in [0.1, 0.15) is 80.9 Å². The van der Waals surface area contributed by atoms with Gasteiger partial charge < -0.3 is 0 Å². The molecule has 140 valence electrons. The number of halogens is 1. The Labute approximate surface area is 158 Å². The lowest BCUT2D eigenvalue weighted by Gasteiger charge is -2.29. The zero-order chi connectivity index (χ0) is 18.2. The molecule has 2 aromatic rings. The van der Waals surface area contributed by atoms with E-state index in [1.165, 1.54) is 68.1 Å². The number of aryl methyl sites for hydroxylation is 2. The molecule has 0 saturated heterocycles. The van der Waals surface area contributed by atoms with Crippen molar-refractivity contribution < 1.29 is 4.39 Å². The Balaban J connectivity index is 1.45. The second-order valence-electron chi connectivity index (χ2n) is 8.08. The van der Waals surface area contributed by atoms with Gasteiger partial charge >= 0.3 is 0 Å². The zero-order valence-corrected chi connectivity index (χ0v) is 16.2. The van der Waals surface area contributed by atoms with E-state index in [4.69, 9.17) is 0 Å². The van der Waals surface area contributed by atoms with Crippen LogP contribution in [0.4, 0.5) is 4.39 Å². The summed E-state index contributed by atoms with van der Waals surface area (Å²) in [7, 11) is 0. The van der Waals surface area contributed by atoms with Crippen LogP contribution in [0.3, 0.4) is 0 Å². The highest BCUT2D eigenvalue weighted by molar-refractivity contribution is 5.27. The van der Waals surface area contributed by atoms with Crippen LogP contribution in [0.15, 0.2) is 48.5 Å². The van der Waals surface area contributed by atoms with E-state index in [-0.39, 0.29) is 5.82 Å². The lowest BCUT2D eigenvalue weighted by atomic mass is 9.77. The molecule has 1 heteroatoms. The van der Waals surface area contributed by atoms with E-state index in [2.05, 4.69) is 31.2 Å². The van der Waals surface area contributed by atoms with Crippen molar-refractivity contribution in [2.24, 2.45) is 5.92 Å². The van der Waals surface area contributed by atoms with Gasteiger partial charge in [-0.05, 0) is 79.2 Å². The van der Waals surface area contributed by atoms with Crippen molar-refractivity contribution in [3.8, 4) is 0 Å². The van der Waals surface area contributed by atoms with E-state index in [9.17, 15) is 4.39 Å². The number of benzene rings is 2. The SMILES string of the molecule is CCCCCC1CCC(c2ccc(CCc3ccc(F)cc3)cc2)CC1. The van der Waals surface area contributed by atoms with Gasteiger partial charge in [0.2, 0.25) is 0 Å². The second-order valence-corrected chi connectivity index (χ2v) is 8.08. The first kappa shape index (κ1) is 19.1. The average molecular weight is 353 g/mol. The van der Waals surface area contributed by atoms with Gasteiger partial charge in [0, 0.05) is 0 Å². The molecule has 26 heavy (non-hydrogen) atoms. The standard InChI is InChI=1S/C25H33F/c1-2-3-4-5-20-8-14-23(15-9-20)24-16-10-21(11-17-24)6-7-22-12-18-25(26)19-13-22/h10-13,16-20,23H,2-9,14-15H2,1H3. The molecule has 1 aliphatic carbocycles. The normalized spacial score (nSPS) is 20.2. The monoisotopic (exact) mass is 352 g/mol. The van der Waals surface area contributed by atoms with Crippen molar-refractivity contribution >= 4 is 0 Å². The summed E-state index contributed by atoms with van der Waals surface area (Å²) in [5.41, 5.74) is 4.12. The van der Waals surface area contributed by atoms with E-state index >= 15 is 0 Å². The van der Waals surface area contributed by atoms with E-state index in [1.807, 2.05) is 12.1 Å². The summed E-state index contributed by atoms with van der Waals surface area (Å²) in [5, 5.41) is 0. The van der Waals surface area contributed by atoms with Gasteiger partial charge in [0.05, 0.1) is 0 Å². The highest BCUT2D eigenvalue weighted by atomic mass is 19.1. The molecule has 0 radical (unpaired) electrons. The molecule has 0 heterocycles. The molecule has 1 aliphatic rings. The van der Waals surface area contributed by atoms with Gasteiger partial charge in [0.15, 0.2) is 0 Å². The van der Waals surface area contributed by atoms with Crippen molar-refractivity contribution in [3.63, 3.8) is 0 Å². The lowest BCUT2D eigenvalue weighted by molar-refractivity contribution is 0.303. The Morgan fingerprint density at radius 3 is 1.92 bits per heavy atom. The van der Waals surface area contributed by atoms with Crippen LogP contribution in [0.5, 0.6) is 0 Å². The molecule has 1 saturated carbocycles. The first-order chi connectivity index (χ1) is 12.7. The lowest BCUT2D eigenvalue weighted by Crippen LogP contribution is -2.13. The topological polar surface area (TPSA) is 0 Å². The minimum Gasteiger partial charge on any atom is -0.207 e. The van der Waals surface area contributed by atoms with Crippen LogP contribution in [0, 0.1) is 11.7 Å². The van der Waals surface area contributed by atoms with Gasteiger partial charge in [-0.3, -0.25) is 0 Å². The number of hydrogen-bond donors (Lipinski definition) is 0. The molecular weight excluding hydrogens is 319 g/mol. The van der Waals surface area contributed by atoms with Crippen LogP contribution < -0.4 is 0 Å². The second kappa shape index (κ2) is 9.90. The predicted octanol–water partition coefficient (Wildman–Crippen LogP) is 7.47. The molecule has 0 bridgehead atoms. The molecule has 0 atom stereocenters. The van der Waals surface area contributed by atoms with Gasteiger partial charge in [-0.2, -0.15) is 0 Å². The van der Waals surface area contributed by atoms with Crippen molar-refractivity contribution in [1.82, 2.24) is 0 Å². The third kappa shape index (κ3) is 5.69. The van der Waals surface area contributed by atoms with Gasteiger partial charge in [0.25, 0.3) is 0 Å². The Hall–Kier alpha value is -1.63. The molecule has 0 nitrogen and oxygen atoms in total. The average Bonchev–Trinajstić information content (AvgIpc) is 2.69. The quantitative estimate of drug-likeness (QED) is 0.432. The fourth-order valence-corrected chi connectivity index (χ4v) is 4.36. The molecule has 0 amide bonds. The van der Waals surface area contributed by atoms with E-state index < -0.39 is 0 Å². The number of unbranched alkanes of at least 4 members (excludes halogenated alkanes) is 2. The molecule has 3 rings (SSSR count). The number of hydrogen-bond acceptors (Lipinski definition) is 0. The van der Waals surface area contributed by atoms with Crippen LogP contribution in [-0.4, -0.2) is 0 Å². The maximum atomic E-state index is 13.0. The van der Waals surface area contributed by atoms with E-state index in [0.29, 0.717) is 0 Å². The summed E-state index contributed by atoms with van der Waals surface area (Å²) in [6.07, 6.45) is 13.2. The molecule has 0 aromatic heterocycles. The van der Waals surface area contributed by atoms with E-state index in [0.717, 1.165) is 24.7 Å².